The van der Waals surface area contributed by atoms with Crippen LogP contribution in [0, 0.1) is 5.82 Å². The van der Waals surface area contributed by atoms with Crippen LogP contribution in [0.1, 0.15) is 24.4 Å². The van der Waals surface area contributed by atoms with Gasteiger partial charge < -0.3 is 15.4 Å². The van der Waals surface area contributed by atoms with Crippen molar-refractivity contribution in [2.75, 3.05) is 32.1 Å². The van der Waals surface area contributed by atoms with Crippen molar-refractivity contribution in [3.63, 3.8) is 0 Å². The van der Waals surface area contributed by atoms with Crippen LogP contribution >= 0.6 is 0 Å². The third-order valence-corrected chi connectivity index (χ3v) is 4.64. The number of methoxy groups -OCH3 is 1. The second kappa shape index (κ2) is 8.67. The van der Waals surface area contributed by atoms with Gasteiger partial charge in [0.05, 0.1) is 13.2 Å². The molecule has 1 saturated heterocycles. The Labute approximate surface area is 153 Å². The van der Waals surface area contributed by atoms with Crippen LogP contribution in [0.15, 0.2) is 48.5 Å². The van der Waals surface area contributed by atoms with Crippen molar-refractivity contribution >= 4 is 11.7 Å². The Morgan fingerprint density at radius 2 is 1.77 bits per heavy atom. The maximum Gasteiger partial charge on any atom is 0.319 e. The average Bonchev–Trinajstić information content (AvgIpc) is 3.19. The zero-order valence-electron chi connectivity index (χ0n) is 14.9. The van der Waals surface area contributed by atoms with E-state index in [0.717, 1.165) is 24.4 Å². The SMILES string of the molecule is COc1ccc(C(CNC(=O)Nc2ccc(F)cc2)N2CCCC2)cc1. The Hall–Kier alpha value is -2.60. The topological polar surface area (TPSA) is 53.6 Å². The molecule has 3 rings (SSSR count). The van der Waals surface area contributed by atoms with Gasteiger partial charge >= 0.3 is 6.03 Å². The van der Waals surface area contributed by atoms with E-state index in [1.807, 2.05) is 24.3 Å². The molecule has 1 unspecified atom stereocenters. The monoisotopic (exact) mass is 357 g/mol. The van der Waals surface area contributed by atoms with Gasteiger partial charge in [-0.25, -0.2) is 9.18 Å². The van der Waals surface area contributed by atoms with Crippen LogP contribution in [0.2, 0.25) is 0 Å². The van der Waals surface area contributed by atoms with Gasteiger partial charge in [0.15, 0.2) is 0 Å². The lowest BCUT2D eigenvalue weighted by Gasteiger charge is -2.28. The zero-order chi connectivity index (χ0) is 18.4. The minimum Gasteiger partial charge on any atom is -0.497 e. The number of likely N-dealkylation sites (tertiary alicyclic amines) is 1. The van der Waals surface area contributed by atoms with E-state index in [2.05, 4.69) is 15.5 Å². The first kappa shape index (κ1) is 18.2. The number of nitrogens with one attached hydrogen (secondary N) is 2. The summed E-state index contributed by atoms with van der Waals surface area (Å²) in [5.41, 5.74) is 1.71. The predicted octanol–water partition coefficient (Wildman–Crippen LogP) is 3.79. The highest BCUT2D eigenvalue weighted by molar-refractivity contribution is 5.89. The fraction of sp³-hybridized carbons (Fsp3) is 0.350. The van der Waals surface area contributed by atoms with E-state index in [0.29, 0.717) is 12.2 Å². The second-order valence-corrected chi connectivity index (χ2v) is 6.37. The zero-order valence-corrected chi connectivity index (χ0v) is 14.9. The maximum atomic E-state index is 12.9. The molecule has 1 aliphatic heterocycles. The van der Waals surface area contributed by atoms with Crippen molar-refractivity contribution in [2.24, 2.45) is 0 Å². The van der Waals surface area contributed by atoms with Gasteiger partial charge in [-0.2, -0.15) is 0 Å². The standard InChI is InChI=1S/C20H24FN3O2/c1-26-18-10-4-15(5-11-18)19(24-12-2-3-13-24)14-22-20(25)23-17-8-6-16(21)7-9-17/h4-11,19H,2-3,12-14H2,1H3,(H2,22,23,25). The largest absolute Gasteiger partial charge is 0.497 e. The molecule has 26 heavy (non-hydrogen) atoms. The molecule has 0 bridgehead atoms. The molecule has 2 aromatic rings. The Bertz CT molecular complexity index is 713. The van der Waals surface area contributed by atoms with Gasteiger partial charge in [0.2, 0.25) is 0 Å². The molecule has 0 spiro atoms. The van der Waals surface area contributed by atoms with Gasteiger partial charge in [0.1, 0.15) is 11.6 Å². The molecule has 0 aliphatic carbocycles. The third kappa shape index (κ3) is 4.73. The molecule has 0 aromatic heterocycles. The number of ether oxygens (including phenoxy) is 1. The van der Waals surface area contributed by atoms with E-state index in [1.165, 1.54) is 37.1 Å². The van der Waals surface area contributed by atoms with Gasteiger partial charge in [-0.15, -0.1) is 0 Å². The summed E-state index contributed by atoms with van der Waals surface area (Å²) in [6, 6.07) is 13.5. The number of carbonyl (C=O) groups excluding carboxylic acids is 1. The van der Waals surface area contributed by atoms with Gasteiger partial charge in [-0.1, -0.05) is 12.1 Å². The van der Waals surface area contributed by atoms with Crippen molar-refractivity contribution in [2.45, 2.75) is 18.9 Å². The quantitative estimate of drug-likeness (QED) is 0.827. The number of carbonyl (C=O) groups is 1. The molecule has 2 amide bonds. The van der Waals surface area contributed by atoms with Gasteiger partial charge in [-0.05, 0) is 67.9 Å². The number of urea groups is 1. The molecule has 5 nitrogen and oxygen atoms in total. The lowest BCUT2D eigenvalue weighted by molar-refractivity contribution is 0.227. The lowest BCUT2D eigenvalue weighted by atomic mass is 10.1. The van der Waals surface area contributed by atoms with Gasteiger partial charge in [0, 0.05) is 12.2 Å². The highest BCUT2D eigenvalue weighted by atomic mass is 19.1. The number of halogens is 1. The summed E-state index contributed by atoms with van der Waals surface area (Å²) in [7, 11) is 1.65. The number of rotatable bonds is 6. The molecule has 2 aromatic carbocycles. The summed E-state index contributed by atoms with van der Waals surface area (Å²) in [6.07, 6.45) is 2.35. The summed E-state index contributed by atoms with van der Waals surface area (Å²) in [6.45, 7) is 2.55. The van der Waals surface area contributed by atoms with Crippen molar-refractivity contribution in [3.8, 4) is 5.75 Å². The Balaban J connectivity index is 1.63. The highest BCUT2D eigenvalue weighted by Crippen LogP contribution is 2.26. The van der Waals surface area contributed by atoms with Crippen molar-refractivity contribution in [3.05, 3.63) is 59.9 Å². The summed E-state index contributed by atoms with van der Waals surface area (Å²) >= 11 is 0. The molecule has 0 radical (unpaired) electrons. The number of benzene rings is 2. The van der Waals surface area contributed by atoms with E-state index in [1.54, 1.807) is 7.11 Å². The normalized spacial score (nSPS) is 15.5. The smallest absolute Gasteiger partial charge is 0.319 e. The van der Waals surface area contributed by atoms with Crippen LogP contribution in [0.25, 0.3) is 0 Å². The molecule has 6 heteroatoms. The van der Waals surface area contributed by atoms with Crippen molar-refractivity contribution < 1.29 is 13.9 Å². The summed E-state index contributed by atoms with van der Waals surface area (Å²) in [5.74, 6) is 0.487. The number of nitrogens with zero attached hydrogens (tertiary/aromatic N) is 1. The number of amides is 2. The number of hydrogen-bond acceptors (Lipinski definition) is 3. The first-order chi connectivity index (χ1) is 12.7. The first-order valence-electron chi connectivity index (χ1n) is 8.84. The van der Waals surface area contributed by atoms with Crippen molar-refractivity contribution in [1.29, 1.82) is 0 Å². The molecule has 1 heterocycles. The lowest BCUT2D eigenvalue weighted by Crippen LogP contribution is -2.38. The fourth-order valence-corrected chi connectivity index (χ4v) is 3.23. The van der Waals surface area contributed by atoms with Crippen LogP contribution in [0.5, 0.6) is 5.75 Å². The molecule has 0 saturated carbocycles. The molecule has 1 fully saturated rings. The second-order valence-electron chi connectivity index (χ2n) is 6.37. The summed E-state index contributed by atoms with van der Waals surface area (Å²) in [4.78, 5) is 14.6. The van der Waals surface area contributed by atoms with E-state index in [4.69, 9.17) is 4.74 Å². The minimum atomic E-state index is -0.329. The Morgan fingerprint density at radius 3 is 2.38 bits per heavy atom. The first-order valence-corrected chi connectivity index (χ1v) is 8.84. The van der Waals surface area contributed by atoms with Gasteiger partial charge in [0.25, 0.3) is 0 Å². The number of anilines is 1. The number of hydrogen-bond donors (Lipinski definition) is 2. The molecule has 2 N–H and O–H groups in total. The molecular formula is C20H24FN3O2. The molecular weight excluding hydrogens is 333 g/mol. The average molecular weight is 357 g/mol. The summed E-state index contributed by atoms with van der Waals surface area (Å²) in [5, 5.41) is 5.66. The fourth-order valence-electron chi connectivity index (χ4n) is 3.23. The van der Waals surface area contributed by atoms with E-state index in [-0.39, 0.29) is 17.9 Å². The Kier molecular flexibility index (Phi) is 6.07. The van der Waals surface area contributed by atoms with Crippen LogP contribution in [0.3, 0.4) is 0 Å². The molecule has 1 aliphatic rings. The van der Waals surface area contributed by atoms with E-state index in [9.17, 15) is 9.18 Å². The molecule has 1 atom stereocenters. The van der Waals surface area contributed by atoms with E-state index < -0.39 is 0 Å². The third-order valence-electron chi connectivity index (χ3n) is 4.64. The predicted molar refractivity (Wildman–Crippen MR) is 100.0 cm³/mol. The van der Waals surface area contributed by atoms with Crippen LogP contribution < -0.4 is 15.4 Å². The van der Waals surface area contributed by atoms with Gasteiger partial charge in [-0.3, -0.25) is 4.90 Å². The minimum absolute atomic E-state index is 0.113. The van der Waals surface area contributed by atoms with Crippen LogP contribution in [-0.4, -0.2) is 37.7 Å². The van der Waals surface area contributed by atoms with Crippen LogP contribution in [0.4, 0.5) is 14.9 Å². The summed E-state index contributed by atoms with van der Waals surface area (Å²) < 4.78 is 18.2. The Morgan fingerprint density at radius 1 is 1.12 bits per heavy atom. The highest BCUT2D eigenvalue weighted by Gasteiger charge is 2.24. The van der Waals surface area contributed by atoms with Crippen molar-refractivity contribution in [1.82, 2.24) is 10.2 Å². The molecule has 138 valence electrons. The maximum absolute atomic E-state index is 12.9. The van der Waals surface area contributed by atoms with E-state index >= 15 is 0 Å². The van der Waals surface area contributed by atoms with Crippen LogP contribution in [-0.2, 0) is 0 Å².